The lowest BCUT2D eigenvalue weighted by Crippen LogP contribution is -2.42. The zero-order valence-corrected chi connectivity index (χ0v) is 23.9. The molecule has 0 bridgehead atoms. The third-order valence-electron chi connectivity index (χ3n) is 5.73. The molecule has 0 spiro atoms. The summed E-state index contributed by atoms with van der Waals surface area (Å²) >= 11 is 1.67. The van der Waals surface area contributed by atoms with Gasteiger partial charge in [-0.15, -0.1) is 0 Å². The highest BCUT2D eigenvalue weighted by Crippen LogP contribution is 2.34. The van der Waals surface area contributed by atoms with Crippen molar-refractivity contribution in [1.82, 2.24) is 5.32 Å². The molecule has 2 aromatic rings. The Bertz CT molecular complexity index is 1180. The SMILES string of the molecule is C=C/C(=C\C=C(\O)CC(SCC)c1ccc(C(=O)OC)cc1)C[C@@H](NC(=O)OCc1ccccc1)C(=O)OCC. The van der Waals surface area contributed by atoms with Crippen LogP contribution in [-0.4, -0.2) is 48.6 Å². The first kappa shape index (κ1) is 32.2. The summed E-state index contributed by atoms with van der Waals surface area (Å²) in [7, 11) is 1.34. The van der Waals surface area contributed by atoms with E-state index in [0.717, 1.165) is 16.9 Å². The number of hydrogen-bond acceptors (Lipinski definition) is 8. The number of methoxy groups -OCH3 is 1. The number of allylic oxidation sites excluding steroid dienone is 4. The van der Waals surface area contributed by atoms with E-state index in [1.807, 2.05) is 49.4 Å². The van der Waals surface area contributed by atoms with Crippen molar-refractivity contribution in [3.8, 4) is 0 Å². The van der Waals surface area contributed by atoms with Gasteiger partial charge in [-0.1, -0.05) is 68.1 Å². The van der Waals surface area contributed by atoms with Crippen LogP contribution in [0, 0.1) is 0 Å². The third kappa shape index (κ3) is 11.0. The molecule has 2 aromatic carbocycles. The Morgan fingerprint density at radius 2 is 1.70 bits per heavy atom. The summed E-state index contributed by atoms with van der Waals surface area (Å²) < 4.78 is 15.1. The molecule has 2 N–H and O–H groups in total. The maximum absolute atomic E-state index is 12.6. The average molecular weight is 568 g/mol. The average Bonchev–Trinajstić information content (AvgIpc) is 2.97. The molecule has 0 radical (unpaired) electrons. The Hall–Kier alpha value is -3.98. The fraction of sp³-hybridized carbons (Fsp3) is 0.323. The molecule has 9 heteroatoms. The highest BCUT2D eigenvalue weighted by Gasteiger charge is 2.23. The molecule has 214 valence electrons. The predicted octanol–water partition coefficient (Wildman–Crippen LogP) is 6.46. The van der Waals surface area contributed by atoms with E-state index in [4.69, 9.17) is 14.2 Å². The lowest BCUT2D eigenvalue weighted by atomic mass is 10.0. The van der Waals surface area contributed by atoms with E-state index in [-0.39, 0.29) is 30.6 Å². The molecule has 0 saturated heterocycles. The second-order valence-corrected chi connectivity index (χ2v) is 10.1. The largest absolute Gasteiger partial charge is 0.512 e. The molecule has 1 unspecified atom stereocenters. The van der Waals surface area contributed by atoms with Crippen LogP contribution >= 0.6 is 11.8 Å². The summed E-state index contributed by atoms with van der Waals surface area (Å²) in [6.07, 6.45) is 4.45. The molecule has 0 aliphatic heterocycles. The molecule has 2 atom stereocenters. The fourth-order valence-electron chi connectivity index (χ4n) is 3.69. The Balaban J connectivity index is 2.09. The van der Waals surface area contributed by atoms with Crippen LogP contribution in [-0.2, 0) is 25.6 Å². The van der Waals surface area contributed by atoms with Gasteiger partial charge in [0.15, 0.2) is 0 Å². The van der Waals surface area contributed by atoms with Crippen LogP contribution in [0.5, 0.6) is 0 Å². The van der Waals surface area contributed by atoms with Crippen LogP contribution in [0.2, 0.25) is 0 Å². The Labute approximate surface area is 240 Å². The van der Waals surface area contributed by atoms with Crippen LogP contribution in [0.25, 0.3) is 0 Å². The molecular formula is C31H37NO7S. The summed E-state index contributed by atoms with van der Waals surface area (Å²) in [5.74, 6) is -0.0473. The minimum absolute atomic E-state index is 0.0399. The van der Waals surface area contributed by atoms with Crippen LogP contribution in [0.15, 0.2) is 90.7 Å². The minimum Gasteiger partial charge on any atom is -0.512 e. The number of amides is 1. The molecule has 1 amide bonds. The van der Waals surface area contributed by atoms with E-state index < -0.39 is 24.1 Å². The zero-order chi connectivity index (χ0) is 29.3. The van der Waals surface area contributed by atoms with Gasteiger partial charge in [0, 0.05) is 18.1 Å². The van der Waals surface area contributed by atoms with Crippen LogP contribution in [0.1, 0.15) is 53.4 Å². The lowest BCUT2D eigenvalue weighted by molar-refractivity contribution is -0.145. The van der Waals surface area contributed by atoms with Crippen molar-refractivity contribution < 1.29 is 33.7 Å². The second-order valence-electron chi connectivity index (χ2n) is 8.58. The maximum atomic E-state index is 12.6. The first-order valence-corrected chi connectivity index (χ1v) is 14.0. The third-order valence-corrected chi connectivity index (χ3v) is 6.91. The number of hydrogen-bond donors (Lipinski definition) is 2. The van der Waals surface area contributed by atoms with Gasteiger partial charge in [-0.25, -0.2) is 14.4 Å². The number of alkyl carbamates (subject to hydrolysis) is 1. The molecule has 8 nitrogen and oxygen atoms in total. The minimum atomic E-state index is -1.00. The Morgan fingerprint density at radius 3 is 2.30 bits per heavy atom. The quantitative estimate of drug-likeness (QED) is 0.109. The normalized spacial score (nSPS) is 13.1. The number of esters is 2. The number of thioether (sulfide) groups is 1. The van der Waals surface area contributed by atoms with Gasteiger partial charge in [0.25, 0.3) is 0 Å². The molecule has 0 saturated carbocycles. The topological polar surface area (TPSA) is 111 Å². The number of benzene rings is 2. The van der Waals surface area contributed by atoms with Crippen molar-refractivity contribution in [2.75, 3.05) is 19.5 Å². The summed E-state index contributed by atoms with van der Waals surface area (Å²) in [6, 6.07) is 15.3. The van der Waals surface area contributed by atoms with E-state index >= 15 is 0 Å². The van der Waals surface area contributed by atoms with Crippen molar-refractivity contribution in [2.45, 2.75) is 44.6 Å². The first-order chi connectivity index (χ1) is 19.3. The predicted molar refractivity (Wildman–Crippen MR) is 157 cm³/mol. The number of rotatable bonds is 15. The fourth-order valence-corrected chi connectivity index (χ4v) is 4.73. The van der Waals surface area contributed by atoms with Gasteiger partial charge in [-0.2, -0.15) is 11.8 Å². The van der Waals surface area contributed by atoms with Crippen molar-refractivity contribution in [1.29, 1.82) is 0 Å². The summed E-state index contributed by atoms with van der Waals surface area (Å²) in [4.78, 5) is 36.7. The molecule has 40 heavy (non-hydrogen) atoms. The van der Waals surface area contributed by atoms with Gasteiger partial charge in [-0.3, -0.25) is 0 Å². The summed E-state index contributed by atoms with van der Waals surface area (Å²) in [5.41, 5.74) is 2.85. The van der Waals surface area contributed by atoms with Crippen LogP contribution in [0.4, 0.5) is 4.79 Å². The number of ether oxygens (including phenoxy) is 3. The second kappa shape index (κ2) is 17.6. The van der Waals surface area contributed by atoms with Gasteiger partial charge in [0.05, 0.1) is 25.0 Å². The molecule has 2 rings (SSSR count). The van der Waals surface area contributed by atoms with Crippen LogP contribution in [0.3, 0.4) is 0 Å². The monoisotopic (exact) mass is 567 g/mol. The Morgan fingerprint density at radius 1 is 1.00 bits per heavy atom. The molecule has 0 aromatic heterocycles. The maximum Gasteiger partial charge on any atom is 0.408 e. The molecule has 0 aliphatic rings. The number of nitrogens with one attached hydrogen (secondary N) is 1. The molecule has 0 fully saturated rings. The first-order valence-electron chi connectivity index (χ1n) is 13.0. The van der Waals surface area contributed by atoms with Gasteiger partial charge >= 0.3 is 18.0 Å². The molecule has 0 aliphatic carbocycles. The van der Waals surface area contributed by atoms with E-state index in [9.17, 15) is 19.5 Å². The molecular weight excluding hydrogens is 530 g/mol. The van der Waals surface area contributed by atoms with Crippen molar-refractivity contribution >= 4 is 29.8 Å². The summed E-state index contributed by atoms with van der Waals surface area (Å²) in [6.45, 7) is 7.73. The number of carbonyl (C=O) groups excluding carboxylic acids is 3. The molecule has 0 heterocycles. The van der Waals surface area contributed by atoms with Crippen molar-refractivity contribution in [3.63, 3.8) is 0 Å². The highest BCUT2D eigenvalue weighted by molar-refractivity contribution is 7.99. The Kier molecular flexibility index (Phi) is 14.2. The smallest absolute Gasteiger partial charge is 0.408 e. The van der Waals surface area contributed by atoms with Gasteiger partial charge < -0.3 is 24.6 Å². The van der Waals surface area contributed by atoms with E-state index in [1.165, 1.54) is 7.11 Å². The number of aliphatic hydroxyl groups excluding tert-OH is 1. The van der Waals surface area contributed by atoms with Crippen molar-refractivity contribution in [3.05, 3.63) is 107 Å². The van der Waals surface area contributed by atoms with E-state index in [1.54, 1.807) is 49.0 Å². The van der Waals surface area contributed by atoms with Gasteiger partial charge in [-0.05, 0) is 47.6 Å². The number of carbonyl (C=O) groups is 3. The van der Waals surface area contributed by atoms with Crippen LogP contribution < -0.4 is 5.32 Å². The zero-order valence-electron chi connectivity index (χ0n) is 23.1. The highest BCUT2D eigenvalue weighted by atomic mass is 32.2. The summed E-state index contributed by atoms with van der Waals surface area (Å²) in [5, 5.41) is 13.2. The number of aliphatic hydroxyl groups is 1. The van der Waals surface area contributed by atoms with Crippen molar-refractivity contribution in [2.24, 2.45) is 0 Å². The van der Waals surface area contributed by atoms with E-state index in [2.05, 4.69) is 11.9 Å². The van der Waals surface area contributed by atoms with Gasteiger partial charge in [0.2, 0.25) is 0 Å². The standard InChI is InChI=1S/C31H37NO7S/c1-5-22(19-27(30(35)38-6-2)32-31(36)39-21-23-11-9-8-10-12-23)13-18-26(33)20-28(40-7-3)24-14-16-25(17-15-24)29(34)37-4/h5,8-18,27-28,33H,1,6-7,19-21H2,2-4H3,(H,32,36)/b22-13+,26-18+/t27-,28?/m1/s1. The van der Waals surface area contributed by atoms with E-state index in [0.29, 0.717) is 17.6 Å². The van der Waals surface area contributed by atoms with Gasteiger partial charge in [0.1, 0.15) is 12.6 Å². The lowest BCUT2D eigenvalue weighted by Gasteiger charge is -2.18.